The van der Waals surface area contributed by atoms with Crippen molar-refractivity contribution in [2.45, 2.75) is 59.2 Å². The van der Waals surface area contributed by atoms with Crippen LogP contribution in [0, 0.1) is 13.8 Å². The molecule has 0 saturated carbocycles. The van der Waals surface area contributed by atoms with E-state index in [1.54, 1.807) is 28.0 Å². The van der Waals surface area contributed by atoms with Crippen LogP contribution >= 0.6 is 0 Å². The van der Waals surface area contributed by atoms with Gasteiger partial charge in [0, 0.05) is 29.2 Å². The van der Waals surface area contributed by atoms with Crippen LogP contribution in [0.2, 0.25) is 0 Å². The molecule has 2 heterocycles. The predicted octanol–water partition coefficient (Wildman–Crippen LogP) is 4.52. The minimum Gasteiger partial charge on any atom is -0.349 e. The molecule has 0 spiro atoms. The van der Waals surface area contributed by atoms with Crippen molar-refractivity contribution in [3.8, 4) is 0 Å². The summed E-state index contributed by atoms with van der Waals surface area (Å²) >= 11 is 0. The lowest BCUT2D eigenvalue weighted by molar-refractivity contribution is -0.128. The largest absolute Gasteiger partial charge is 0.349 e. The lowest BCUT2D eigenvalue weighted by Crippen LogP contribution is -2.51. The summed E-state index contributed by atoms with van der Waals surface area (Å²) in [6.45, 7) is 9.83. The van der Waals surface area contributed by atoms with Gasteiger partial charge < -0.3 is 5.32 Å². The number of hydrogen-bond donors (Lipinski definition) is 1. The Bertz CT molecular complexity index is 1360. The van der Waals surface area contributed by atoms with E-state index in [2.05, 4.69) is 20.6 Å². The Morgan fingerprint density at radius 2 is 1.78 bits per heavy atom. The molecule has 0 bridgehead atoms. The van der Waals surface area contributed by atoms with Crippen molar-refractivity contribution in [2.24, 2.45) is 0 Å². The van der Waals surface area contributed by atoms with Gasteiger partial charge in [-0.3, -0.25) is 19.5 Å². The minimum atomic E-state index is -0.923. The van der Waals surface area contributed by atoms with Gasteiger partial charge in [0.05, 0.1) is 5.52 Å². The van der Waals surface area contributed by atoms with Gasteiger partial charge in [-0.1, -0.05) is 36.4 Å². The van der Waals surface area contributed by atoms with E-state index in [-0.39, 0.29) is 18.4 Å². The molecule has 1 N–H and O–H groups in total. The maximum absolute atomic E-state index is 14.1. The number of carbonyl (C=O) groups excluding carboxylic acids is 2. The van der Waals surface area contributed by atoms with Gasteiger partial charge in [-0.05, 0) is 75.6 Å². The highest BCUT2D eigenvalue weighted by Crippen LogP contribution is 2.30. The summed E-state index contributed by atoms with van der Waals surface area (Å²) in [4.78, 5) is 33.7. The summed E-state index contributed by atoms with van der Waals surface area (Å²) in [6.07, 6.45) is 4.02. The van der Waals surface area contributed by atoms with Crippen LogP contribution < -0.4 is 10.2 Å². The van der Waals surface area contributed by atoms with Gasteiger partial charge in [-0.2, -0.15) is 0 Å². The molecule has 0 saturated heterocycles. The molecule has 186 valence electrons. The summed E-state index contributed by atoms with van der Waals surface area (Å²) in [5, 5.41) is 11.5. The second kappa shape index (κ2) is 10.3. The zero-order valence-electron chi connectivity index (χ0n) is 21.4. The van der Waals surface area contributed by atoms with E-state index in [1.165, 1.54) is 0 Å². The first-order valence-corrected chi connectivity index (χ1v) is 12.1. The number of rotatable bonds is 8. The summed E-state index contributed by atoms with van der Waals surface area (Å²) in [6, 6.07) is 16.0. The number of aryl methyl sites for hydroxylation is 2. The highest BCUT2D eigenvalue weighted by molar-refractivity contribution is 6.01. The standard InChI is InChI=1S/C28H32N6O2/c1-6-28(4,5)30-27(36)26(21-10-9-13-29-17-21)34(22-15-19(2)14-20(3)16-22)25(35)18-33-24-12-8-7-11-23(24)31-32-33/h7-17,26H,6,18H2,1-5H3,(H,30,36)/t26-/m1/s1. The first-order chi connectivity index (χ1) is 17.2. The molecule has 2 aromatic heterocycles. The summed E-state index contributed by atoms with van der Waals surface area (Å²) in [5.41, 5.74) is 4.26. The number of pyridine rings is 1. The van der Waals surface area contributed by atoms with E-state index in [0.29, 0.717) is 16.8 Å². The van der Waals surface area contributed by atoms with Crippen LogP contribution in [0.5, 0.6) is 0 Å². The third-order valence-corrected chi connectivity index (χ3v) is 6.31. The Labute approximate surface area is 211 Å². The summed E-state index contributed by atoms with van der Waals surface area (Å²) in [5.74, 6) is -0.556. The second-order valence-electron chi connectivity index (χ2n) is 9.76. The highest BCUT2D eigenvalue weighted by Gasteiger charge is 2.35. The van der Waals surface area contributed by atoms with Crippen molar-refractivity contribution >= 4 is 28.5 Å². The average molecular weight is 485 g/mol. The smallest absolute Gasteiger partial charge is 0.249 e. The van der Waals surface area contributed by atoms with Crippen LogP contribution in [-0.4, -0.2) is 37.3 Å². The number of benzene rings is 2. The van der Waals surface area contributed by atoms with Crippen LogP contribution in [0.3, 0.4) is 0 Å². The average Bonchev–Trinajstić information content (AvgIpc) is 3.24. The molecule has 0 aliphatic heterocycles. The van der Waals surface area contributed by atoms with E-state index in [1.807, 2.05) is 83.1 Å². The molecule has 8 heteroatoms. The number of hydrogen-bond acceptors (Lipinski definition) is 5. The zero-order chi connectivity index (χ0) is 25.9. The molecule has 8 nitrogen and oxygen atoms in total. The number of aromatic nitrogens is 4. The Morgan fingerprint density at radius 3 is 2.44 bits per heavy atom. The summed E-state index contributed by atoms with van der Waals surface area (Å²) in [7, 11) is 0. The van der Waals surface area contributed by atoms with E-state index in [9.17, 15) is 9.59 Å². The molecule has 0 aliphatic rings. The first-order valence-electron chi connectivity index (χ1n) is 12.1. The fraction of sp³-hybridized carbons (Fsp3) is 0.321. The molecule has 0 unspecified atom stereocenters. The van der Waals surface area contributed by atoms with Crippen LogP contribution in [0.4, 0.5) is 5.69 Å². The Morgan fingerprint density at radius 1 is 1.06 bits per heavy atom. The SMILES string of the molecule is CCC(C)(C)NC(=O)[C@@H](c1cccnc1)N(C(=O)Cn1nnc2ccccc21)c1cc(C)cc(C)c1. The van der Waals surface area contributed by atoms with Gasteiger partial charge in [0.25, 0.3) is 0 Å². The Balaban J connectivity index is 1.83. The van der Waals surface area contributed by atoms with Crippen LogP contribution in [0.25, 0.3) is 11.0 Å². The number of nitrogens with zero attached hydrogens (tertiary/aromatic N) is 5. The maximum atomic E-state index is 14.1. The molecular formula is C28H32N6O2. The number of amides is 2. The molecular weight excluding hydrogens is 452 g/mol. The van der Waals surface area contributed by atoms with Crippen molar-refractivity contribution in [1.29, 1.82) is 0 Å². The third kappa shape index (κ3) is 5.43. The van der Waals surface area contributed by atoms with Gasteiger partial charge in [-0.25, -0.2) is 4.68 Å². The Kier molecular flexibility index (Phi) is 7.15. The molecule has 4 aromatic rings. The molecule has 2 amide bonds. The quantitative estimate of drug-likeness (QED) is 0.397. The lowest BCUT2D eigenvalue weighted by Gasteiger charge is -2.34. The van der Waals surface area contributed by atoms with Gasteiger partial charge >= 0.3 is 0 Å². The van der Waals surface area contributed by atoms with E-state index in [4.69, 9.17) is 0 Å². The first kappa shape index (κ1) is 25.0. The van der Waals surface area contributed by atoms with E-state index >= 15 is 0 Å². The van der Waals surface area contributed by atoms with Crippen LogP contribution in [0.15, 0.2) is 67.0 Å². The topological polar surface area (TPSA) is 93.0 Å². The highest BCUT2D eigenvalue weighted by atomic mass is 16.2. The van der Waals surface area contributed by atoms with Gasteiger partial charge in [0.1, 0.15) is 18.1 Å². The number of carbonyl (C=O) groups is 2. The second-order valence-corrected chi connectivity index (χ2v) is 9.76. The number of fused-ring (bicyclic) bond motifs is 1. The van der Waals surface area contributed by atoms with E-state index in [0.717, 1.165) is 23.1 Å². The maximum Gasteiger partial charge on any atom is 0.249 e. The number of nitrogens with one attached hydrogen (secondary N) is 1. The molecule has 2 aromatic carbocycles. The normalized spacial score (nSPS) is 12.4. The molecule has 0 aliphatic carbocycles. The fourth-order valence-corrected chi connectivity index (χ4v) is 4.21. The van der Waals surface area contributed by atoms with Crippen molar-refractivity contribution < 1.29 is 9.59 Å². The number of anilines is 1. The van der Waals surface area contributed by atoms with Crippen LogP contribution in [-0.2, 0) is 16.1 Å². The fourth-order valence-electron chi connectivity index (χ4n) is 4.21. The third-order valence-electron chi connectivity index (χ3n) is 6.31. The van der Waals surface area contributed by atoms with Crippen molar-refractivity contribution in [3.63, 3.8) is 0 Å². The van der Waals surface area contributed by atoms with Crippen molar-refractivity contribution in [2.75, 3.05) is 4.90 Å². The van der Waals surface area contributed by atoms with Gasteiger partial charge in [0.2, 0.25) is 11.8 Å². The van der Waals surface area contributed by atoms with Crippen LogP contribution in [0.1, 0.15) is 49.9 Å². The monoisotopic (exact) mass is 484 g/mol. The molecule has 4 rings (SSSR count). The van der Waals surface area contributed by atoms with Crippen molar-refractivity contribution in [3.05, 3.63) is 83.7 Å². The molecule has 36 heavy (non-hydrogen) atoms. The van der Waals surface area contributed by atoms with E-state index < -0.39 is 11.6 Å². The van der Waals surface area contributed by atoms with Crippen molar-refractivity contribution in [1.82, 2.24) is 25.3 Å². The van der Waals surface area contributed by atoms with Gasteiger partial charge in [0.15, 0.2) is 0 Å². The number of para-hydroxylation sites is 1. The molecule has 1 atom stereocenters. The Hall–Kier alpha value is -4.07. The predicted molar refractivity (Wildman–Crippen MR) is 140 cm³/mol. The van der Waals surface area contributed by atoms with Gasteiger partial charge in [-0.15, -0.1) is 5.10 Å². The minimum absolute atomic E-state index is 0.0747. The molecule has 0 fully saturated rings. The molecule has 0 radical (unpaired) electrons. The zero-order valence-corrected chi connectivity index (χ0v) is 21.4. The lowest BCUT2D eigenvalue weighted by atomic mass is 9.98. The summed E-state index contributed by atoms with van der Waals surface area (Å²) < 4.78 is 1.57.